The first-order valence-electron chi connectivity index (χ1n) is 7.49. The van der Waals surface area contributed by atoms with Crippen molar-refractivity contribution in [1.29, 1.82) is 0 Å². The monoisotopic (exact) mass is 328 g/mol. The molecule has 0 aromatic heterocycles. The van der Waals surface area contributed by atoms with Gasteiger partial charge in [0.05, 0.1) is 26.4 Å². The second-order valence-electron chi connectivity index (χ2n) is 4.92. The van der Waals surface area contributed by atoms with E-state index in [4.69, 9.17) is 14.2 Å². The van der Waals surface area contributed by atoms with Crippen molar-refractivity contribution in [3.05, 3.63) is 53.6 Å². The molecule has 5 heteroatoms. The van der Waals surface area contributed by atoms with E-state index in [2.05, 4.69) is 0 Å². The molecule has 0 aliphatic carbocycles. The summed E-state index contributed by atoms with van der Waals surface area (Å²) in [6.07, 6.45) is 3.11. The molecule has 0 spiro atoms. The normalized spacial score (nSPS) is 10.6. The third-order valence-corrected chi connectivity index (χ3v) is 3.38. The number of carbonyl (C=O) groups excluding carboxylic acids is 1. The number of hydrogen-bond acceptors (Lipinski definition) is 5. The van der Waals surface area contributed by atoms with Crippen molar-refractivity contribution in [3.8, 4) is 23.0 Å². The smallest absolute Gasteiger partial charge is 0.189 e. The summed E-state index contributed by atoms with van der Waals surface area (Å²) in [4.78, 5) is 12.4. The van der Waals surface area contributed by atoms with Crippen molar-refractivity contribution in [2.75, 3.05) is 20.8 Å². The molecule has 0 saturated heterocycles. The summed E-state index contributed by atoms with van der Waals surface area (Å²) in [7, 11) is 3.01. The molecule has 0 aliphatic heterocycles. The summed E-state index contributed by atoms with van der Waals surface area (Å²) in [5, 5.41) is 9.46. The molecule has 0 fully saturated rings. The molecule has 1 N–H and O–H groups in total. The zero-order valence-corrected chi connectivity index (χ0v) is 13.9. The van der Waals surface area contributed by atoms with Gasteiger partial charge in [0.1, 0.15) is 23.0 Å². The number of phenols is 1. The van der Waals surface area contributed by atoms with Crippen molar-refractivity contribution >= 4 is 11.9 Å². The first-order chi connectivity index (χ1) is 11.6. The number of phenolic OH excluding ortho intramolecular Hbond substituents is 1. The lowest BCUT2D eigenvalue weighted by Gasteiger charge is -2.09. The van der Waals surface area contributed by atoms with Gasteiger partial charge in [-0.1, -0.05) is 0 Å². The van der Waals surface area contributed by atoms with Crippen LogP contribution in [-0.2, 0) is 0 Å². The van der Waals surface area contributed by atoms with Crippen LogP contribution in [0.1, 0.15) is 22.8 Å². The number of aromatic hydroxyl groups is 1. The van der Waals surface area contributed by atoms with E-state index in [-0.39, 0.29) is 11.5 Å². The fourth-order valence-electron chi connectivity index (χ4n) is 2.22. The molecule has 2 aromatic rings. The van der Waals surface area contributed by atoms with Gasteiger partial charge in [0.25, 0.3) is 0 Å². The van der Waals surface area contributed by atoms with Crippen LogP contribution < -0.4 is 14.2 Å². The second kappa shape index (κ2) is 8.06. The number of allylic oxidation sites excluding steroid dienone is 1. The molecule has 0 heterocycles. The minimum atomic E-state index is -0.234. The first-order valence-corrected chi connectivity index (χ1v) is 7.49. The topological polar surface area (TPSA) is 65.0 Å². The van der Waals surface area contributed by atoms with Crippen LogP contribution >= 0.6 is 0 Å². The van der Waals surface area contributed by atoms with E-state index >= 15 is 0 Å². The Kier molecular flexibility index (Phi) is 5.84. The summed E-state index contributed by atoms with van der Waals surface area (Å²) >= 11 is 0. The first kappa shape index (κ1) is 17.4. The van der Waals surface area contributed by atoms with Crippen molar-refractivity contribution in [2.24, 2.45) is 0 Å². The largest absolute Gasteiger partial charge is 0.508 e. The molecule has 0 atom stereocenters. The maximum Gasteiger partial charge on any atom is 0.189 e. The fourth-order valence-corrected chi connectivity index (χ4v) is 2.22. The molecule has 0 aliphatic rings. The maximum atomic E-state index is 12.4. The molecule has 0 saturated carbocycles. The van der Waals surface area contributed by atoms with Gasteiger partial charge >= 0.3 is 0 Å². The molecule has 126 valence electrons. The highest BCUT2D eigenvalue weighted by Crippen LogP contribution is 2.27. The molecule has 0 radical (unpaired) electrons. The molecule has 0 bridgehead atoms. The lowest BCUT2D eigenvalue weighted by Crippen LogP contribution is -1.99. The third-order valence-electron chi connectivity index (χ3n) is 3.38. The Morgan fingerprint density at radius 3 is 2.50 bits per heavy atom. The van der Waals surface area contributed by atoms with E-state index in [9.17, 15) is 9.90 Å². The summed E-state index contributed by atoms with van der Waals surface area (Å²) < 4.78 is 15.9. The third kappa shape index (κ3) is 4.07. The fraction of sp³-hybridized carbons (Fsp3) is 0.211. The van der Waals surface area contributed by atoms with Gasteiger partial charge in [-0.3, -0.25) is 4.79 Å². The van der Waals surface area contributed by atoms with Crippen molar-refractivity contribution in [2.45, 2.75) is 6.92 Å². The Balaban J connectivity index is 2.26. The van der Waals surface area contributed by atoms with Crippen LogP contribution in [0.2, 0.25) is 0 Å². The van der Waals surface area contributed by atoms with Gasteiger partial charge in [0.15, 0.2) is 5.78 Å². The zero-order valence-electron chi connectivity index (χ0n) is 13.9. The number of ketones is 1. The number of rotatable bonds is 7. The Morgan fingerprint density at radius 1 is 1.08 bits per heavy atom. The SMILES string of the molecule is CCOc1ccc(C=CC(=O)c2ccc(O)cc2OC)c(OC)c1. The van der Waals surface area contributed by atoms with Gasteiger partial charge in [-0.25, -0.2) is 0 Å². The Morgan fingerprint density at radius 2 is 1.83 bits per heavy atom. The van der Waals surface area contributed by atoms with Gasteiger partial charge in [0.2, 0.25) is 0 Å². The number of carbonyl (C=O) groups is 1. The highest BCUT2D eigenvalue weighted by atomic mass is 16.5. The molecule has 5 nitrogen and oxygen atoms in total. The lowest BCUT2D eigenvalue weighted by molar-refractivity contribution is 0.104. The van der Waals surface area contributed by atoms with Crippen molar-refractivity contribution in [1.82, 2.24) is 0 Å². The summed E-state index contributed by atoms with van der Waals surface area (Å²) in [6.45, 7) is 2.47. The standard InChI is InChI=1S/C19H20O5/c1-4-24-15-8-5-13(18(12-15)22-2)6-10-17(21)16-9-7-14(20)11-19(16)23-3/h5-12,20H,4H2,1-3H3. The van der Waals surface area contributed by atoms with Crippen molar-refractivity contribution in [3.63, 3.8) is 0 Å². The number of methoxy groups -OCH3 is 2. The van der Waals surface area contributed by atoms with Gasteiger partial charge in [-0.15, -0.1) is 0 Å². The molecule has 2 rings (SSSR count). The van der Waals surface area contributed by atoms with Crippen LogP contribution in [0.25, 0.3) is 6.08 Å². The Labute approximate surface area is 141 Å². The minimum absolute atomic E-state index is 0.0422. The van der Waals surface area contributed by atoms with Crippen LogP contribution in [0.4, 0.5) is 0 Å². The van der Waals surface area contributed by atoms with E-state index in [1.165, 1.54) is 31.4 Å². The molecular formula is C19H20O5. The lowest BCUT2D eigenvalue weighted by atomic mass is 10.1. The van der Waals surface area contributed by atoms with E-state index < -0.39 is 0 Å². The number of benzene rings is 2. The van der Waals surface area contributed by atoms with E-state index in [1.807, 2.05) is 19.1 Å². The highest BCUT2D eigenvalue weighted by molar-refractivity contribution is 6.08. The van der Waals surface area contributed by atoms with Crippen molar-refractivity contribution < 1.29 is 24.1 Å². The van der Waals surface area contributed by atoms with Gasteiger partial charge < -0.3 is 19.3 Å². The quantitative estimate of drug-likeness (QED) is 0.620. The molecule has 2 aromatic carbocycles. The van der Waals surface area contributed by atoms with Crippen LogP contribution in [0.15, 0.2) is 42.5 Å². The average Bonchev–Trinajstić information content (AvgIpc) is 2.60. The molecule has 24 heavy (non-hydrogen) atoms. The summed E-state index contributed by atoms with van der Waals surface area (Å²) in [6, 6.07) is 9.78. The van der Waals surface area contributed by atoms with E-state index in [0.717, 1.165) is 5.56 Å². The molecule has 0 amide bonds. The highest BCUT2D eigenvalue weighted by Gasteiger charge is 2.11. The molecular weight excluding hydrogens is 308 g/mol. The second-order valence-corrected chi connectivity index (χ2v) is 4.92. The maximum absolute atomic E-state index is 12.4. The van der Waals surface area contributed by atoms with E-state index in [0.29, 0.717) is 29.4 Å². The van der Waals surface area contributed by atoms with Crippen LogP contribution in [0, 0.1) is 0 Å². The van der Waals surface area contributed by atoms with Gasteiger partial charge in [-0.2, -0.15) is 0 Å². The summed E-state index contributed by atoms with van der Waals surface area (Å²) in [5.41, 5.74) is 1.13. The predicted octanol–water partition coefficient (Wildman–Crippen LogP) is 3.70. The predicted molar refractivity (Wildman–Crippen MR) is 92.2 cm³/mol. The van der Waals surface area contributed by atoms with Crippen LogP contribution in [0.3, 0.4) is 0 Å². The average molecular weight is 328 g/mol. The van der Waals surface area contributed by atoms with Gasteiger partial charge in [0, 0.05) is 17.7 Å². The Bertz CT molecular complexity index is 749. The van der Waals surface area contributed by atoms with Crippen LogP contribution in [-0.4, -0.2) is 31.7 Å². The number of ether oxygens (including phenoxy) is 3. The van der Waals surface area contributed by atoms with Crippen LogP contribution in [0.5, 0.6) is 23.0 Å². The minimum Gasteiger partial charge on any atom is -0.508 e. The zero-order chi connectivity index (χ0) is 17.5. The number of hydrogen-bond donors (Lipinski definition) is 1. The summed E-state index contributed by atoms with van der Waals surface area (Å²) in [5.74, 6) is 1.45. The van der Waals surface area contributed by atoms with Gasteiger partial charge in [-0.05, 0) is 43.3 Å². The molecule has 0 unspecified atom stereocenters. The van der Waals surface area contributed by atoms with E-state index in [1.54, 1.807) is 19.3 Å². The Hall–Kier alpha value is -2.95.